The summed E-state index contributed by atoms with van der Waals surface area (Å²) in [6.07, 6.45) is 1.75. The van der Waals surface area contributed by atoms with E-state index in [0.717, 1.165) is 22.3 Å². The molecule has 2 aromatic carbocycles. The predicted molar refractivity (Wildman–Crippen MR) is 120 cm³/mol. The molecule has 3 aromatic rings. The van der Waals surface area contributed by atoms with E-state index in [2.05, 4.69) is 15.1 Å². The summed E-state index contributed by atoms with van der Waals surface area (Å²) in [6, 6.07) is 13.9. The lowest BCUT2D eigenvalue weighted by atomic mass is 10.0. The smallest absolute Gasteiger partial charge is 0.258 e. The zero-order valence-corrected chi connectivity index (χ0v) is 17.7. The van der Waals surface area contributed by atoms with E-state index in [4.69, 9.17) is 4.74 Å². The molecule has 0 unspecified atom stereocenters. The monoisotopic (exact) mass is 405 g/mol. The normalized spacial score (nSPS) is 14.1. The van der Waals surface area contributed by atoms with E-state index in [-0.39, 0.29) is 5.91 Å². The van der Waals surface area contributed by atoms with Crippen LogP contribution < -0.4 is 14.5 Å². The molecule has 0 bridgehead atoms. The van der Waals surface area contributed by atoms with Gasteiger partial charge in [-0.2, -0.15) is 5.10 Å². The molecule has 1 amide bonds. The van der Waals surface area contributed by atoms with Crippen molar-refractivity contribution in [3.05, 3.63) is 54.2 Å². The second-order valence-corrected chi connectivity index (χ2v) is 7.54. The molecule has 4 rings (SSSR count). The summed E-state index contributed by atoms with van der Waals surface area (Å²) in [6.45, 7) is 5.14. The number of anilines is 2. The van der Waals surface area contributed by atoms with Gasteiger partial charge >= 0.3 is 0 Å². The summed E-state index contributed by atoms with van der Waals surface area (Å²) >= 11 is 0. The molecule has 1 aliphatic heterocycles. The van der Waals surface area contributed by atoms with Crippen LogP contribution in [-0.2, 0) is 0 Å². The van der Waals surface area contributed by atoms with Crippen molar-refractivity contribution >= 4 is 28.2 Å². The number of benzene rings is 2. The van der Waals surface area contributed by atoms with Crippen LogP contribution in [0.25, 0.3) is 10.8 Å². The molecule has 1 aromatic heterocycles. The first-order valence-electron chi connectivity index (χ1n) is 10.3. The van der Waals surface area contributed by atoms with E-state index < -0.39 is 0 Å². The maximum absolute atomic E-state index is 13.5. The molecule has 0 radical (unpaired) electrons. The van der Waals surface area contributed by atoms with Crippen LogP contribution in [0.2, 0.25) is 0 Å². The topological polar surface area (TPSA) is 61.8 Å². The van der Waals surface area contributed by atoms with Gasteiger partial charge in [0.15, 0.2) is 5.82 Å². The Morgan fingerprint density at radius 3 is 2.60 bits per heavy atom. The third-order valence-corrected chi connectivity index (χ3v) is 5.44. The van der Waals surface area contributed by atoms with Gasteiger partial charge in [0.1, 0.15) is 5.75 Å². The average molecular weight is 406 g/mol. The highest BCUT2D eigenvalue weighted by atomic mass is 16.5. The van der Waals surface area contributed by atoms with Crippen molar-refractivity contribution < 1.29 is 9.53 Å². The minimum absolute atomic E-state index is 0.0167. The molecule has 0 aliphatic carbocycles. The number of carbonyl (C=O) groups excluding carboxylic acids is 1. The van der Waals surface area contributed by atoms with E-state index in [1.807, 2.05) is 73.3 Å². The number of amides is 1. The van der Waals surface area contributed by atoms with Crippen LogP contribution in [0.15, 0.2) is 48.7 Å². The van der Waals surface area contributed by atoms with Crippen molar-refractivity contribution in [3.63, 3.8) is 0 Å². The number of hydrogen-bond donors (Lipinski definition) is 0. The van der Waals surface area contributed by atoms with Crippen LogP contribution in [0.3, 0.4) is 0 Å². The van der Waals surface area contributed by atoms with E-state index >= 15 is 0 Å². The molecule has 7 heteroatoms. The first kappa shape index (κ1) is 19.9. The Morgan fingerprint density at radius 1 is 1.10 bits per heavy atom. The molecule has 1 saturated heterocycles. The lowest BCUT2D eigenvalue weighted by molar-refractivity contribution is 0.0744. The number of piperazine rings is 1. The Hall–Kier alpha value is -3.35. The zero-order chi connectivity index (χ0) is 21.1. The second-order valence-electron chi connectivity index (χ2n) is 7.54. The highest BCUT2D eigenvalue weighted by molar-refractivity contribution is 6.09. The van der Waals surface area contributed by atoms with E-state index in [1.54, 1.807) is 6.20 Å². The van der Waals surface area contributed by atoms with Crippen LogP contribution in [0, 0.1) is 0 Å². The van der Waals surface area contributed by atoms with E-state index in [9.17, 15) is 4.79 Å². The number of rotatable bonds is 5. The molecular formula is C23H27N5O2. The van der Waals surface area contributed by atoms with Gasteiger partial charge in [0, 0.05) is 46.3 Å². The minimum atomic E-state index is 0.0167. The third-order valence-electron chi connectivity index (χ3n) is 5.44. The fourth-order valence-electron chi connectivity index (χ4n) is 3.79. The summed E-state index contributed by atoms with van der Waals surface area (Å²) in [5, 5.41) is 10.4. The summed E-state index contributed by atoms with van der Waals surface area (Å²) in [5.74, 6) is 1.50. The molecule has 156 valence electrons. The lowest BCUT2D eigenvalue weighted by Crippen LogP contribution is -2.49. The van der Waals surface area contributed by atoms with Crippen molar-refractivity contribution in [1.82, 2.24) is 15.1 Å². The largest absolute Gasteiger partial charge is 0.493 e. The minimum Gasteiger partial charge on any atom is -0.493 e. The molecule has 0 saturated carbocycles. The number of hydrogen-bond acceptors (Lipinski definition) is 6. The first-order chi connectivity index (χ1) is 14.6. The number of ether oxygens (including phenoxy) is 1. The number of aromatic nitrogens is 2. The fourth-order valence-corrected chi connectivity index (χ4v) is 3.79. The molecule has 7 nitrogen and oxygen atoms in total. The van der Waals surface area contributed by atoms with Gasteiger partial charge in [0.2, 0.25) is 0 Å². The van der Waals surface area contributed by atoms with Crippen LogP contribution >= 0.6 is 0 Å². The summed E-state index contributed by atoms with van der Waals surface area (Å²) in [4.78, 5) is 19.6. The average Bonchev–Trinajstić information content (AvgIpc) is 2.79. The highest BCUT2D eigenvalue weighted by Gasteiger charge is 2.26. The second kappa shape index (κ2) is 8.57. The SMILES string of the molecule is CCOc1ccc2ccccc2c1C(=O)N1CCN(c2cc(N(C)C)cnn2)CC1. The van der Waals surface area contributed by atoms with Crippen molar-refractivity contribution in [3.8, 4) is 5.75 Å². The number of nitrogens with zero attached hydrogens (tertiary/aromatic N) is 5. The van der Waals surface area contributed by atoms with Gasteiger partial charge < -0.3 is 19.4 Å². The predicted octanol–water partition coefficient (Wildman–Crippen LogP) is 3.06. The standard InChI is InChI=1S/C23H27N5O2/c1-4-30-20-10-9-17-7-5-6-8-19(17)22(20)23(29)28-13-11-27(12-14-28)21-15-18(26(2)3)16-24-25-21/h5-10,15-16H,4,11-14H2,1-3H3. The molecule has 1 aliphatic rings. The van der Waals surface area contributed by atoms with Gasteiger partial charge in [-0.25, -0.2) is 0 Å². The van der Waals surface area contributed by atoms with E-state index in [1.165, 1.54) is 0 Å². The Morgan fingerprint density at radius 2 is 1.87 bits per heavy atom. The first-order valence-corrected chi connectivity index (χ1v) is 10.3. The summed E-state index contributed by atoms with van der Waals surface area (Å²) in [7, 11) is 3.97. The quantitative estimate of drug-likeness (QED) is 0.650. The lowest BCUT2D eigenvalue weighted by Gasteiger charge is -2.35. The molecule has 0 atom stereocenters. The molecule has 1 fully saturated rings. The van der Waals surface area contributed by atoms with Crippen LogP contribution in [0.1, 0.15) is 17.3 Å². The number of carbonyl (C=O) groups is 1. The van der Waals surface area contributed by atoms with Crippen LogP contribution in [0.4, 0.5) is 11.5 Å². The molecule has 0 spiro atoms. The van der Waals surface area contributed by atoms with Gasteiger partial charge in [-0.05, 0) is 23.8 Å². The maximum Gasteiger partial charge on any atom is 0.258 e. The van der Waals surface area contributed by atoms with Gasteiger partial charge in [-0.3, -0.25) is 4.79 Å². The highest BCUT2D eigenvalue weighted by Crippen LogP contribution is 2.30. The zero-order valence-electron chi connectivity index (χ0n) is 17.7. The Balaban J connectivity index is 1.55. The van der Waals surface area contributed by atoms with Gasteiger partial charge in [0.25, 0.3) is 5.91 Å². The Bertz CT molecular complexity index is 1040. The van der Waals surface area contributed by atoms with Crippen molar-refractivity contribution in [2.24, 2.45) is 0 Å². The maximum atomic E-state index is 13.5. The van der Waals surface area contributed by atoms with Crippen LogP contribution in [0.5, 0.6) is 5.75 Å². The molecular weight excluding hydrogens is 378 g/mol. The number of fused-ring (bicyclic) bond motifs is 1. The summed E-state index contributed by atoms with van der Waals surface area (Å²) in [5.41, 5.74) is 1.66. The van der Waals surface area contributed by atoms with Crippen molar-refractivity contribution in [2.45, 2.75) is 6.92 Å². The molecule has 30 heavy (non-hydrogen) atoms. The van der Waals surface area contributed by atoms with Gasteiger partial charge in [-0.1, -0.05) is 30.3 Å². The van der Waals surface area contributed by atoms with Crippen molar-refractivity contribution in [1.29, 1.82) is 0 Å². The Labute approximate surface area is 176 Å². The molecule has 2 heterocycles. The summed E-state index contributed by atoms with van der Waals surface area (Å²) < 4.78 is 5.80. The third kappa shape index (κ3) is 3.87. The van der Waals surface area contributed by atoms with Gasteiger partial charge in [-0.15, -0.1) is 5.10 Å². The van der Waals surface area contributed by atoms with Crippen LogP contribution in [-0.4, -0.2) is 67.9 Å². The fraction of sp³-hybridized carbons (Fsp3) is 0.348. The van der Waals surface area contributed by atoms with Crippen molar-refractivity contribution in [2.75, 3.05) is 56.7 Å². The van der Waals surface area contributed by atoms with E-state index in [0.29, 0.717) is 44.1 Å². The molecule has 0 N–H and O–H groups in total. The Kier molecular flexibility index (Phi) is 5.70. The van der Waals surface area contributed by atoms with Gasteiger partial charge in [0.05, 0.1) is 24.1 Å².